The topological polar surface area (TPSA) is 30.7 Å². The van der Waals surface area contributed by atoms with Gasteiger partial charge in [-0.15, -0.1) is 0 Å². The maximum atomic E-state index is 4.64. The van der Waals surface area contributed by atoms with Gasteiger partial charge in [0.2, 0.25) is 0 Å². The van der Waals surface area contributed by atoms with Crippen molar-refractivity contribution in [3.05, 3.63) is 34.6 Å². The average molecular weight is 292 g/mol. The van der Waals surface area contributed by atoms with Crippen molar-refractivity contribution in [2.75, 3.05) is 0 Å². The van der Waals surface area contributed by atoms with Gasteiger partial charge in [-0.2, -0.15) is 5.10 Å². The van der Waals surface area contributed by atoms with Gasteiger partial charge in [0, 0.05) is 23.0 Å². The molecule has 1 aliphatic heterocycles. The monoisotopic (exact) mass is 291 g/mol. The number of aromatic nitrogens is 3. The molecular weight excluding hydrogens is 278 g/mol. The highest BCUT2D eigenvalue weighted by atomic mass is 79.9. The summed E-state index contributed by atoms with van der Waals surface area (Å²) in [7, 11) is 0. The van der Waals surface area contributed by atoms with Gasteiger partial charge in [-0.1, -0.05) is 35.0 Å². The SMILES string of the molecule is CC1CCc2nc(-c3ccccc3Br)nn2C1. The van der Waals surface area contributed by atoms with E-state index in [-0.39, 0.29) is 0 Å². The first-order chi connectivity index (χ1) is 8.24. The number of hydrogen-bond acceptors (Lipinski definition) is 2. The summed E-state index contributed by atoms with van der Waals surface area (Å²) in [6.07, 6.45) is 2.26. The van der Waals surface area contributed by atoms with Crippen LogP contribution in [0.15, 0.2) is 28.7 Å². The lowest BCUT2D eigenvalue weighted by molar-refractivity contribution is 0.368. The third-order valence-corrected chi connectivity index (χ3v) is 3.90. The van der Waals surface area contributed by atoms with Crippen LogP contribution in [0.4, 0.5) is 0 Å². The van der Waals surface area contributed by atoms with Gasteiger partial charge in [0.05, 0.1) is 0 Å². The second kappa shape index (κ2) is 4.26. The first kappa shape index (κ1) is 11.0. The van der Waals surface area contributed by atoms with Crippen LogP contribution in [0.5, 0.6) is 0 Å². The molecule has 1 aromatic heterocycles. The molecule has 0 radical (unpaired) electrons. The van der Waals surface area contributed by atoms with Crippen molar-refractivity contribution in [3.8, 4) is 11.4 Å². The number of fused-ring (bicyclic) bond motifs is 1. The quantitative estimate of drug-likeness (QED) is 0.807. The van der Waals surface area contributed by atoms with E-state index in [4.69, 9.17) is 0 Å². The number of hydrogen-bond donors (Lipinski definition) is 0. The highest BCUT2D eigenvalue weighted by Crippen LogP contribution is 2.27. The van der Waals surface area contributed by atoms with Crippen LogP contribution in [0, 0.1) is 5.92 Å². The summed E-state index contributed by atoms with van der Waals surface area (Å²) >= 11 is 3.55. The molecule has 1 aromatic carbocycles. The van der Waals surface area contributed by atoms with Gasteiger partial charge in [0.25, 0.3) is 0 Å². The Bertz CT molecular complexity index is 547. The van der Waals surface area contributed by atoms with Gasteiger partial charge in [-0.25, -0.2) is 9.67 Å². The van der Waals surface area contributed by atoms with Crippen LogP contribution in [0.1, 0.15) is 19.2 Å². The van der Waals surface area contributed by atoms with Gasteiger partial charge >= 0.3 is 0 Å². The molecule has 0 aliphatic carbocycles. The van der Waals surface area contributed by atoms with E-state index in [1.54, 1.807) is 0 Å². The lowest BCUT2D eigenvalue weighted by Gasteiger charge is -2.17. The molecule has 3 nitrogen and oxygen atoms in total. The number of benzene rings is 1. The van der Waals surface area contributed by atoms with Crippen molar-refractivity contribution < 1.29 is 0 Å². The number of nitrogens with zero attached hydrogens (tertiary/aromatic N) is 3. The molecule has 0 amide bonds. The van der Waals surface area contributed by atoms with Crippen molar-refractivity contribution in [2.45, 2.75) is 26.3 Å². The van der Waals surface area contributed by atoms with E-state index >= 15 is 0 Å². The second-order valence-corrected chi connectivity index (χ2v) is 5.51. The molecule has 0 fully saturated rings. The molecule has 1 aliphatic rings. The van der Waals surface area contributed by atoms with Gasteiger partial charge in [0.15, 0.2) is 5.82 Å². The van der Waals surface area contributed by atoms with E-state index in [1.165, 1.54) is 6.42 Å². The summed E-state index contributed by atoms with van der Waals surface area (Å²) in [5.74, 6) is 2.66. The Kier molecular flexibility index (Phi) is 2.74. The minimum absolute atomic E-state index is 0.705. The summed E-state index contributed by atoms with van der Waals surface area (Å²) in [6, 6.07) is 8.10. The normalized spacial score (nSPS) is 19.1. The van der Waals surface area contributed by atoms with Gasteiger partial charge in [-0.05, 0) is 24.5 Å². The van der Waals surface area contributed by atoms with Crippen LogP contribution in [-0.2, 0) is 13.0 Å². The van der Waals surface area contributed by atoms with E-state index in [2.05, 4.69) is 43.7 Å². The molecule has 88 valence electrons. The summed E-state index contributed by atoms with van der Waals surface area (Å²) in [4.78, 5) is 4.64. The predicted octanol–water partition coefficient (Wildman–Crippen LogP) is 3.29. The molecule has 2 heterocycles. The van der Waals surface area contributed by atoms with E-state index < -0.39 is 0 Å². The largest absolute Gasteiger partial charge is 0.249 e. The van der Waals surface area contributed by atoms with E-state index in [0.29, 0.717) is 5.92 Å². The minimum Gasteiger partial charge on any atom is -0.249 e. The van der Waals surface area contributed by atoms with E-state index in [0.717, 1.165) is 34.7 Å². The van der Waals surface area contributed by atoms with Crippen LogP contribution < -0.4 is 0 Å². The molecule has 2 aromatic rings. The van der Waals surface area contributed by atoms with Crippen molar-refractivity contribution in [2.24, 2.45) is 5.92 Å². The van der Waals surface area contributed by atoms with Crippen molar-refractivity contribution >= 4 is 15.9 Å². The minimum atomic E-state index is 0.705. The summed E-state index contributed by atoms with van der Waals surface area (Å²) < 4.78 is 3.11. The smallest absolute Gasteiger partial charge is 0.182 e. The number of halogens is 1. The molecule has 0 N–H and O–H groups in total. The van der Waals surface area contributed by atoms with Crippen LogP contribution in [-0.4, -0.2) is 14.8 Å². The highest BCUT2D eigenvalue weighted by molar-refractivity contribution is 9.10. The van der Waals surface area contributed by atoms with Crippen LogP contribution >= 0.6 is 15.9 Å². The molecule has 0 saturated heterocycles. The van der Waals surface area contributed by atoms with Crippen LogP contribution in [0.3, 0.4) is 0 Å². The first-order valence-corrected chi connectivity index (χ1v) is 6.72. The van der Waals surface area contributed by atoms with Gasteiger partial charge in [-0.3, -0.25) is 0 Å². The molecule has 3 rings (SSSR count). The van der Waals surface area contributed by atoms with Crippen LogP contribution in [0.2, 0.25) is 0 Å². The summed E-state index contributed by atoms with van der Waals surface area (Å²) in [5, 5.41) is 4.61. The summed E-state index contributed by atoms with van der Waals surface area (Å²) in [5.41, 5.74) is 1.07. The molecule has 0 saturated carbocycles. The lowest BCUT2D eigenvalue weighted by atomic mass is 10.0. The summed E-state index contributed by atoms with van der Waals surface area (Å²) in [6.45, 7) is 3.26. The Morgan fingerprint density at radius 3 is 3.00 bits per heavy atom. The predicted molar refractivity (Wildman–Crippen MR) is 70.6 cm³/mol. The maximum absolute atomic E-state index is 4.64. The highest BCUT2D eigenvalue weighted by Gasteiger charge is 2.19. The third kappa shape index (κ3) is 2.02. The third-order valence-electron chi connectivity index (χ3n) is 3.21. The fourth-order valence-electron chi connectivity index (χ4n) is 2.22. The van der Waals surface area contributed by atoms with E-state index in [1.807, 2.05) is 18.2 Å². The average Bonchev–Trinajstić information content (AvgIpc) is 2.72. The Morgan fingerprint density at radius 2 is 2.18 bits per heavy atom. The molecule has 17 heavy (non-hydrogen) atoms. The Balaban J connectivity index is 2.03. The van der Waals surface area contributed by atoms with Crippen molar-refractivity contribution in [1.29, 1.82) is 0 Å². The van der Waals surface area contributed by atoms with Gasteiger partial charge in [0.1, 0.15) is 5.82 Å². The Morgan fingerprint density at radius 1 is 1.35 bits per heavy atom. The zero-order valence-corrected chi connectivity index (χ0v) is 11.3. The van der Waals surface area contributed by atoms with Gasteiger partial charge < -0.3 is 0 Å². The molecule has 1 atom stereocenters. The van der Waals surface area contributed by atoms with E-state index in [9.17, 15) is 0 Å². The van der Waals surface area contributed by atoms with Crippen molar-refractivity contribution in [3.63, 3.8) is 0 Å². The fraction of sp³-hybridized carbons (Fsp3) is 0.385. The second-order valence-electron chi connectivity index (χ2n) is 4.66. The Labute approximate surface area is 109 Å². The molecule has 1 unspecified atom stereocenters. The molecule has 0 spiro atoms. The fourth-order valence-corrected chi connectivity index (χ4v) is 2.69. The first-order valence-electron chi connectivity index (χ1n) is 5.92. The standard InChI is InChI=1S/C13H14BrN3/c1-9-6-7-12-15-13(16-17(12)8-9)10-4-2-3-5-11(10)14/h2-5,9H,6-8H2,1H3. The van der Waals surface area contributed by atoms with Crippen molar-refractivity contribution in [1.82, 2.24) is 14.8 Å². The number of aryl methyl sites for hydroxylation is 1. The zero-order valence-electron chi connectivity index (χ0n) is 9.73. The number of rotatable bonds is 1. The lowest BCUT2D eigenvalue weighted by Crippen LogP contribution is -2.18. The zero-order chi connectivity index (χ0) is 11.8. The molecular formula is C13H14BrN3. The maximum Gasteiger partial charge on any atom is 0.182 e. The Hall–Kier alpha value is -1.16. The van der Waals surface area contributed by atoms with Crippen LogP contribution in [0.25, 0.3) is 11.4 Å². The molecule has 4 heteroatoms. The molecule has 0 bridgehead atoms.